The molecule has 0 bridgehead atoms. The SMILES string of the molecule is Cc1ccnc(CNC(=O)NC(C)C)n1. The Bertz CT molecular complexity index is 338. The minimum absolute atomic E-state index is 0.128. The number of hydrogen-bond donors (Lipinski definition) is 2. The maximum Gasteiger partial charge on any atom is 0.315 e. The van der Waals surface area contributed by atoms with E-state index in [1.54, 1.807) is 6.20 Å². The second-order valence-corrected chi connectivity index (χ2v) is 3.60. The molecule has 5 nitrogen and oxygen atoms in total. The van der Waals surface area contributed by atoms with Crippen molar-refractivity contribution in [3.8, 4) is 0 Å². The highest BCUT2D eigenvalue weighted by atomic mass is 16.2. The third-order valence-electron chi connectivity index (χ3n) is 1.67. The minimum atomic E-state index is -0.199. The fourth-order valence-electron chi connectivity index (χ4n) is 1.06. The molecule has 1 heterocycles. The fourth-order valence-corrected chi connectivity index (χ4v) is 1.06. The normalized spacial score (nSPS) is 10.1. The molecule has 0 saturated heterocycles. The van der Waals surface area contributed by atoms with Crippen molar-refractivity contribution in [2.45, 2.75) is 33.4 Å². The van der Waals surface area contributed by atoms with Crippen molar-refractivity contribution in [2.75, 3.05) is 0 Å². The van der Waals surface area contributed by atoms with E-state index in [-0.39, 0.29) is 12.1 Å². The Balaban J connectivity index is 2.40. The summed E-state index contributed by atoms with van der Waals surface area (Å²) >= 11 is 0. The van der Waals surface area contributed by atoms with Crippen LogP contribution in [0, 0.1) is 6.92 Å². The average molecular weight is 208 g/mol. The van der Waals surface area contributed by atoms with Gasteiger partial charge < -0.3 is 10.6 Å². The summed E-state index contributed by atoms with van der Waals surface area (Å²) in [6, 6.07) is 1.75. The van der Waals surface area contributed by atoms with Crippen molar-refractivity contribution in [1.29, 1.82) is 0 Å². The van der Waals surface area contributed by atoms with Crippen molar-refractivity contribution < 1.29 is 4.79 Å². The monoisotopic (exact) mass is 208 g/mol. The lowest BCUT2D eigenvalue weighted by molar-refractivity contribution is 0.238. The number of nitrogens with one attached hydrogen (secondary N) is 2. The number of aromatic nitrogens is 2. The van der Waals surface area contributed by atoms with Crippen LogP contribution >= 0.6 is 0 Å². The number of urea groups is 1. The van der Waals surface area contributed by atoms with Crippen molar-refractivity contribution >= 4 is 6.03 Å². The van der Waals surface area contributed by atoms with E-state index in [1.807, 2.05) is 26.8 Å². The number of amides is 2. The van der Waals surface area contributed by atoms with E-state index in [9.17, 15) is 4.79 Å². The molecular weight excluding hydrogens is 192 g/mol. The lowest BCUT2D eigenvalue weighted by Crippen LogP contribution is -2.39. The van der Waals surface area contributed by atoms with Gasteiger partial charge in [0.15, 0.2) is 0 Å². The van der Waals surface area contributed by atoms with E-state index in [0.717, 1.165) is 5.69 Å². The van der Waals surface area contributed by atoms with Crippen LogP contribution in [0.2, 0.25) is 0 Å². The first-order valence-electron chi connectivity index (χ1n) is 4.91. The maximum atomic E-state index is 11.2. The van der Waals surface area contributed by atoms with Gasteiger partial charge in [-0.2, -0.15) is 0 Å². The molecule has 0 aliphatic carbocycles. The van der Waals surface area contributed by atoms with Crippen LogP contribution in [-0.4, -0.2) is 22.0 Å². The predicted molar refractivity (Wildman–Crippen MR) is 57.3 cm³/mol. The Labute approximate surface area is 89.3 Å². The van der Waals surface area contributed by atoms with E-state index in [0.29, 0.717) is 12.4 Å². The Morgan fingerprint density at radius 3 is 2.87 bits per heavy atom. The molecule has 2 amide bonds. The van der Waals surface area contributed by atoms with Gasteiger partial charge in [-0.1, -0.05) is 0 Å². The molecule has 0 radical (unpaired) electrons. The van der Waals surface area contributed by atoms with Gasteiger partial charge in [-0.05, 0) is 26.8 Å². The molecule has 1 aromatic heterocycles. The molecule has 2 N–H and O–H groups in total. The van der Waals surface area contributed by atoms with Crippen LogP contribution in [0.5, 0.6) is 0 Å². The summed E-state index contributed by atoms with van der Waals surface area (Å²) in [6.07, 6.45) is 1.68. The van der Waals surface area contributed by atoms with E-state index >= 15 is 0 Å². The van der Waals surface area contributed by atoms with E-state index in [4.69, 9.17) is 0 Å². The quantitative estimate of drug-likeness (QED) is 0.778. The van der Waals surface area contributed by atoms with Crippen LogP contribution in [0.25, 0.3) is 0 Å². The Morgan fingerprint density at radius 2 is 2.27 bits per heavy atom. The van der Waals surface area contributed by atoms with Crippen LogP contribution in [0.4, 0.5) is 4.79 Å². The van der Waals surface area contributed by atoms with Gasteiger partial charge in [0.05, 0.1) is 6.54 Å². The highest BCUT2D eigenvalue weighted by Crippen LogP contribution is 1.92. The van der Waals surface area contributed by atoms with Crippen LogP contribution in [0.1, 0.15) is 25.4 Å². The van der Waals surface area contributed by atoms with Crippen molar-refractivity contribution in [3.05, 3.63) is 23.8 Å². The van der Waals surface area contributed by atoms with Crippen LogP contribution < -0.4 is 10.6 Å². The zero-order valence-corrected chi connectivity index (χ0v) is 9.24. The molecule has 0 spiro atoms. The van der Waals surface area contributed by atoms with Gasteiger partial charge >= 0.3 is 6.03 Å². The molecule has 1 rings (SSSR count). The molecule has 15 heavy (non-hydrogen) atoms. The Kier molecular flexibility index (Phi) is 4.03. The van der Waals surface area contributed by atoms with Crippen LogP contribution in [-0.2, 0) is 6.54 Å². The van der Waals surface area contributed by atoms with Crippen molar-refractivity contribution in [1.82, 2.24) is 20.6 Å². The molecule has 0 aromatic carbocycles. The van der Waals surface area contributed by atoms with Crippen molar-refractivity contribution in [3.63, 3.8) is 0 Å². The van der Waals surface area contributed by atoms with E-state index < -0.39 is 0 Å². The zero-order valence-electron chi connectivity index (χ0n) is 9.24. The largest absolute Gasteiger partial charge is 0.336 e. The van der Waals surface area contributed by atoms with Gasteiger partial charge in [0.25, 0.3) is 0 Å². The molecule has 0 saturated carbocycles. The Hall–Kier alpha value is -1.65. The second kappa shape index (κ2) is 5.29. The summed E-state index contributed by atoms with van der Waals surface area (Å²) in [7, 11) is 0. The number of carbonyl (C=O) groups is 1. The summed E-state index contributed by atoms with van der Waals surface area (Å²) in [6.45, 7) is 6.05. The lowest BCUT2D eigenvalue weighted by Gasteiger charge is -2.09. The first kappa shape index (κ1) is 11.4. The van der Waals surface area contributed by atoms with Gasteiger partial charge in [-0.3, -0.25) is 0 Å². The molecule has 0 unspecified atom stereocenters. The summed E-state index contributed by atoms with van der Waals surface area (Å²) in [5.41, 5.74) is 0.895. The van der Waals surface area contributed by atoms with Crippen molar-refractivity contribution in [2.24, 2.45) is 0 Å². The molecule has 0 atom stereocenters. The highest BCUT2D eigenvalue weighted by molar-refractivity contribution is 5.73. The third-order valence-corrected chi connectivity index (χ3v) is 1.67. The number of rotatable bonds is 3. The first-order valence-corrected chi connectivity index (χ1v) is 4.91. The predicted octanol–water partition coefficient (Wildman–Crippen LogP) is 0.993. The number of carbonyl (C=O) groups excluding carboxylic acids is 1. The smallest absolute Gasteiger partial charge is 0.315 e. The molecule has 5 heteroatoms. The van der Waals surface area contributed by atoms with Gasteiger partial charge in [0, 0.05) is 17.9 Å². The summed E-state index contributed by atoms with van der Waals surface area (Å²) < 4.78 is 0. The summed E-state index contributed by atoms with van der Waals surface area (Å²) in [5, 5.41) is 5.40. The van der Waals surface area contributed by atoms with Gasteiger partial charge in [-0.25, -0.2) is 14.8 Å². The van der Waals surface area contributed by atoms with E-state index in [1.165, 1.54) is 0 Å². The molecule has 0 aliphatic heterocycles. The summed E-state index contributed by atoms with van der Waals surface area (Å²) in [4.78, 5) is 19.4. The number of nitrogens with zero attached hydrogens (tertiary/aromatic N) is 2. The van der Waals surface area contributed by atoms with Gasteiger partial charge in [0.1, 0.15) is 5.82 Å². The number of hydrogen-bond acceptors (Lipinski definition) is 3. The van der Waals surface area contributed by atoms with Crippen LogP contribution in [0.3, 0.4) is 0 Å². The number of aryl methyl sites for hydroxylation is 1. The highest BCUT2D eigenvalue weighted by Gasteiger charge is 2.03. The first-order chi connectivity index (χ1) is 7.08. The standard InChI is InChI=1S/C10H16N4O/c1-7(2)13-10(15)12-6-9-11-5-4-8(3)14-9/h4-5,7H,6H2,1-3H3,(H2,12,13,15). The minimum Gasteiger partial charge on any atom is -0.336 e. The topological polar surface area (TPSA) is 66.9 Å². The second-order valence-electron chi connectivity index (χ2n) is 3.60. The molecule has 82 valence electrons. The average Bonchev–Trinajstić information content (AvgIpc) is 2.14. The lowest BCUT2D eigenvalue weighted by atomic mass is 10.4. The summed E-state index contributed by atoms with van der Waals surface area (Å²) in [5.74, 6) is 0.619. The fraction of sp³-hybridized carbons (Fsp3) is 0.500. The molecule has 0 aliphatic rings. The van der Waals surface area contributed by atoms with Gasteiger partial charge in [-0.15, -0.1) is 0 Å². The zero-order chi connectivity index (χ0) is 11.3. The van der Waals surface area contributed by atoms with E-state index in [2.05, 4.69) is 20.6 Å². The Morgan fingerprint density at radius 1 is 1.53 bits per heavy atom. The molecule has 1 aromatic rings. The van der Waals surface area contributed by atoms with Gasteiger partial charge in [0.2, 0.25) is 0 Å². The third kappa shape index (κ3) is 4.39. The maximum absolute atomic E-state index is 11.2. The molecular formula is C10H16N4O. The van der Waals surface area contributed by atoms with Crippen LogP contribution in [0.15, 0.2) is 12.3 Å². The molecule has 0 fully saturated rings.